The summed E-state index contributed by atoms with van der Waals surface area (Å²) >= 11 is 1.60. The van der Waals surface area contributed by atoms with Crippen LogP contribution >= 0.6 is 11.8 Å². The van der Waals surface area contributed by atoms with Gasteiger partial charge < -0.3 is 5.32 Å². The molecule has 2 atom stereocenters. The van der Waals surface area contributed by atoms with Crippen LogP contribution in [0.1, 0.15) is 51.5 Å². The first-order valence-corrected chi connectivity index (χ1v) is 12.6. The molecular formula is C20H34N2O3S2. The van der Waals surface area contributed by atoms with Gasteiger partial charge in [0.25, 0.3) is 0 Å². The number of rotatable bonds is 13. The molecular weight excluding hydrogens is 380 g/mol. The highest BCUT2D eigenvalue weighted by Gasteiger charge is 2.25. The number of unbranched alkanes of at least 4 members (excludes halogenated alkanes) is 1. The Kier molecular flexibility index (Phi) is 11.0. The number of carbonyl (C=O) groups is 1. The molecule has 0 spiro atoms. The van der Waals surface area contributed by atoms with Crippen LogP contribution in [0.4, 0.5) is 0 Å². The van der Waals surface area contributed by atoms with E-state index in [1.165, 1.54) is 0 Å². The number of carbonyl (C=O) groups excluding carboxylic acids is 1. The van der Waals surface area contributed by atoms with E-state index in [1.54, 1.807) is 36.0 Å². The maximum Gasteiger partial charge on any atom is 0.241 e. The predicted octanol–water partition coefficient (Wildman–Crippen LogP) is 3.73. The molecule has 0 bridgehead atoms. The number of sulfonamides is 1. The third-order valence-electron chi connectivity index (χ3n) is 4.66. The van der Waals surface area contributed by atoms with Gasteiger partial charge in [0.15, 0.2) is 0 Å². The molecule has 0 saturated carbocycles. The maximum absolute atomic E-state index is 12.7. The van der Waals surface area contributed by atoms with Crippen LogP contribution in [-0.2, 0) is 14.8 Å². The van der Waals surface area contributed by atoms with Gasteiger partial charge in [0.05, 0.1) is 4.90 Å². The first kappa shape index (κ1) is 24.0. The normalized spacial score (nSPS) is 13.9. The zero-order valence-corrected chi connectivity index (χ0v) is 18.6. The molecule has 0 aromatic heterocycles. The Morgan fingerprint density at radius 1 is 1.15 bits per heavy atom. The fourth-order valence-electron chi connectivity index (χ4n) is 2.76. The number of thioether (sulfide) groups is 1. The van der Waals surface area contributed by atoms with E-state index >= 15 is 0 Å². The topological polar surface area (TPSA) is 75.3 Å². The second kappa shape index (κ2) is 12.4. The third-order valence-corrected chi connectivity index (χ3v) is 6.80. The fourth-order valence-corrected chi connectivity index (χ4v) is 4.46. The Labute approximate surface area is 169 Å². The third kappa shape index (κ3) is 8.66. The van der Waals surface area contributed by atoms with Gasteiger partial charge in [-0.05, 0) is 49.8 Å². The summed E-state index contributed by atoms with van der Waals surface area (Å²) in [4.78, 5) is 12.8. The van der Waals surface area contributed by atoms with Crippen molar-refractivity contribution in [2.45, 2.75) is 63.8 Å². The van der Waals surface area contributed by atoms with E-state index in [0.29, 0.717) is 24.6 Å². The quantitative estimate of drug-likeness (QED) is 0.516. The molecule has 0 aliphatic heterocycles. The number of hydrogen-bond donors (Lipinski definition) is 2. The second-order valence-corrected chi connectivity index (χ2v) is 9.63. The molecule has 0 aliphatic carbocycles. The van der Waals surface area contributed by atoms with E-state index in [4.69, 9.17) is 0 Å². The van der Waals surface area contributed by atoms with Gasteiger partial charge in [0, 0.05) is 6.54 Å². The summed E-state index contributed by atoms with van der Waals surface area (Å²) in [7, 11) is -3.73. The van der Waals surface area contributed by atoms with Crippen molar-refractivity contribution < 1.29 is 13.2 Å². The van der Waals surface area contributed by atoms with Crippen molar-refractivity contribution >= 4 is 27.7 Å². The van der Waals surface area contributed by atoms with Gasteiger partial charge in [-0.3, -0.25) is 4.79 Å². The number of amides is 1. The smallest absolute Gasteiger partial charge is 0.241 e. The molecule has 1 amide bonds. The fraction of sp³-hybridized carbons (Fsp3) is 0.650. The molecule has 27 heavy (non-hydrogen) atoms. The molecule has 0 fully saturated rings. The van der Waals surface area contributed by atoms with E-state index in [1.807, 2.05) is 13.2 Å². The Balaban J connectivity index is 2.78. The molecule has 0 saturated heterocycles. The van der Waals surface area contributed by atoms with Crippen LogP contribution in [0.5, 0.6) is 0 Å². The van der Waals surface area contributed by atoms with Crippen LogP contribution in [0.2, 0.25) is 0 Å². The number of benzene rings is 1. The van der Waals surface area contributed by atoms with Gasteiger partial charge in [-0.1, -0.05) is 50.8 Å². The van der Waals surface area contributed by atoms with Gasteiger partial charge in [0.1, 0.15) is 6.04 Å². The molecule has 1 rings (SSSR count). The molecule has 2 N–H and O–H groups in total. The maximum atomic E-state index is 12.7. The molecule has 1 aromatic rings. The van der Waals surface area contributed by atoms with Crippen LogP contribution in [0.25, 0.3) is 0 Å². The first-order chi connectivity index (χ1) is 12.8. The van der Waals surface area contributed by atoms with E-state index in [-0.39, 0.29) is 10.8 Å². The molecule has 0 heterocycles. The van der Waals surface area contributed by atoms with Crippen molar-refractivity contribution in [2.24, 2.45) is 5.92 Å². The van der Waals surface area contributed by atoms with E-state index in [2.05, 4.69) is 23.9 Å². The lowest BCUT2D eigenvalue weighted by Gasteiger charge is -2.21. The monoisotopic (exact) mass is 414 g/mol. The van der Waals surface area contributed by atoms with Crippen molar-refractivity contribution in [1.82, 2.24) is 10.0 Å². The molecule has 7 heteroatoms. The van der Waals surface area contributed by atoms with Gasteiger partial charge in [-0.15, -0.1) is 0 Å². The predicted molar refractivity (Wildman–Crippen MR) is 115 cm³/mol. The standard InChI is InChI=1S/C20H34N2O3S2/c1-5-7-8-17(6-2)15-21-20(23)19(13-14-26-4)22-27(24,25)18-11-9-16(3)10-12-18/h9-12,17,19,22H,5-8,13-15H2,1-4H3,(H,21,23). The van der Waals surface area contributed by atoms with Gasteiger partial charge >= 0.3 is 0 Å². The van der Waals surface area contributed by atoms with E-state index in [0.717, 1.165) is 31.2 Å². The van der Waals surface area contributed by atoms with Crippen LogP contribution in [-0.4, -0.2) is 38.9 Å². The Morgan fingerprint density at radius 3 is 2.37 bits per heavy atom. The first-order valence-electron chi connectivity index (χ1n) is 9.69. The number of hydrogen-bond acceptors (Lipinski definition) is 4. The largest absolute Gasteiger partial charge is 0.354 e. The second-order valence-electron chi connectivity index (χ2n) is 6.93. The summed E-state index contributed by atoms with van der Waals surface area (Å²) in [6.45, 7) is 6.78. The van der Waals surface area contributed by atoms with Crippen LogP contribution in [0, 0.1) is 12.8 Å². The van der Waals surface area contributed by atoms with E-state index < -0.39 is 16.1 Å². The highest BCUT2D eigenvalue weighted by Crippen LogP contribution is 2.14. The number of aryl methyl sites for hydroxylation is 1. The van der Waals surface area contributed by atoms with Crippen molar-refractivity contribution in [3.8, 4) is 0 Å². The minimum atomic E-state index is -3.73. The van der Waals surface area contributed by atoms with Gasteiger partial charge in [-0.25, -0.2) is 8.42 Å². The lowest BCUT2D eigenvalue weighted by Crippen LogP contribution is -2.48. The average molecular weight is 415 g/mol. The highest BCUT2D eigenvalue weighted by atomic mass is 32.2. The minimum Gasteiger partial charge on any atom is -0.354 e. The lowest BCUT2D eigenvalue weighted by molar-refractivity contribution is -0.122. The number of nitrogens with one attached hydrogen (secondary N) is 2. The summed E-state index contributed by atoms with van der Waals surface area (Å²) in [5.41, 5.74) is 0.989. The van der Waals surface area contributed by atoms with Crippen molar-refractivity contribution in [3.05, 3.63) is 29.8 Å². The van der Waals surface area contributed by atoms with Crippen molar-refractivity contribution in [2.75, 3.05) is 18.6 Å². The summed E-state index contributed by atoms with van der Waals surface area (Å²) in [6.07, 6.45) is 6.77. The van der Waals surface area contributed by atoms with Crippen molar-refractivity contribution in [3.63, 3.8) is 0 Å². The summed E-state index contributed by atoms with van der Waals surface area (Å²) in [6, 6.07) is 5.89. The molecule has 0 aliphatic rings. The molecule has 5 nitrogen and oxygen atoms in total. The minimum absolute atomic E-state index is 0.185. The van der Waals surface area contributed by atoms with Gasteiger partial charge in [0.2, 0.25) is 15.9 Å². The molecule has 1 aromatic carbocycles. The summed E-state index contributed by atoms with van der Waals surface area (Å²) in [5, 5.41) is 2.96. The van der Waals surface area contributed by atoms with Gasteiger partial charge in [-0.2, -0.15) is 16.5 Å². The van der Waals surface area contributed by atoms with Crippen molar-refractivity contribution in [1.29, 1.82) is 0 Å². The Morgan fingerprint density at radius 2 is 1.81 bits per heavy atom. The zero-order chi connectivity index (χ0) is 20.3. The summed E-state index contributed by atoms with van der Waals surface area (Å²) < 4.78 is 27.9. The average Bonchev–Trinajstić information content (AvgIpc) is 2.65. The molecule has 2 unspecified atom stereocenters. The Hall–Kier alpha value is -1.05. The highest BCUT2D eigenvalue weighted by molar-refractivity contribution is 7.98. The summed E-state index contributed by atoms with van der Waals surface area (Å²) in [5.74, 6) is 0.903. The lowest BCUT2D eigenvalue weighted by atomic mass is 9.99. The van der Waals surface area contributed by atoms with Crippen LogP contribution in [0.3, 0.4) is 0 Å². The molecule has 0 radical (unpaired) electrons. The molecule has 154 valence electrons. The zero-order valence-electron chi connectivity index (χ0n) is 17.0. The SMILES string of the molecule is CCCCC(CC)CNC(=O)C(CCSC)NS(=O)(=O)c1ccc(C)cc1. The van der Waals surface area contributed by atoms with E-state index in [9.17, 15) is 13.2 Å². The van der Waals surface area contributed by atoms with Crippen LogP contribution < -0.4 is 10.0 Å². The Bertz CT molecular complexity index is 660. The van der Waals surface area contributed by atoms with Crippen LogP contribution in [0.15, 0.2) is 29.2 Å².